The quantitative estimate of drug-likeness (QED) is 0.220. The fourth-order valence-electron chi connectivity index (χ4n) is 6.91. The molecule has 208 valence electrons. The van der Waals surface area contributed by atoms with Crippen molar-refractivity contribution in [3.63, 3.8) is 0 Å². The van der Waals surface area contributed by atoms with Crippen LogP contribution in [0, 0.1) is 29.9 Å². The molecule has 0 fully saturated rings. The van der Waals surface area contributed by atoms with Crippen LogP contribution >= 0.6 is 0 Å². The Morgan fingerprint density at radius 1 is 0.727 bits per heavy atom. The predicted octanol–water partition coefficient (Wildman–Crippen LogP) is 7.84. The summed E-state index contributed by atoms with van der Waals surface area (Å²) >= 11 is 0. The number of nitriles is 1. The molecule has 8 rings (SSSR count). The molecule has 3 nitrogen and oxygen atoms in total. The van der Waals surface area contributed by atoms with E-state index in [0.717, 1.165) is 73.6 Å². The maximum atomic E-state index is 15.5. The van der Waals surface area contributed by atoms with Gasteiger partial charge >= 0.3 is 0 Å². The summed E-state index contributed by atoms with van der Waals surface area (Å²) in [6.45, 7) is 2.01. The molecular formula is C38H24BF2N3. The molecule has 2 heterocycles. The van der Waals surface area contributed by atoms with Crippen molar-refractivity contribution in [2.45, 2.75) is 6.92 Å². The lowest BCUT2D eigenvalue weighted by atomic mass is 9.33. The van der Waals surface area contributed by atoms with Crippen LogP contribution in [0.1, 0.15) is 11.1 Å². The van der Waals surface area contributed by atoms with Crippen LogP contribution in [-0.4, -0.2) is 6.71 Å². The number of halogens is 2. The number of benzene rings is 6. The Morgan fingerprint density at radius 3 is 2.27 bits per heavy atom. The predicted molar refractivity (Wildman–Crippen MR) is 176 cm³/mol. The number of nitrogens with one attached hydrogen (secondary N) is 1. The summed E-state index contributed by atoms with van der Waals surface area (Å²) in [5, 5.41) is 13.7. The average Bonchev–Trinajstić information content (AvgIpc) is 3.04. The fourth-order valence-corrected chi connectivity index (χ4v) is 6.91. The molecule has 0 unspecified atom stereocenters. The van der Waals surface area contributed by atoms with Crippen molar-refractivity contribution in [1.29, 1.82) is 5.26 Å². The zero-order chi connectivity index (χ0) is 29.9. The van der Waals surface area contributed by atoms with Gasteiger partial charge in [-0.2, -0.15) is 5.26 Å². The summed E-state index contributed by atoms with van der Waals surface area (Å²) in [5.74, 6) is -1.55. The smallest absolute Gasteiger partial charge is 0.252 e. The van der Waals surface area contributed by atoms with E-state index in [4.69, 9.17) is 0 Å². The molecule has 0 bridgehead atoms. The highest BCUT2D eigenvalue weighted by atomic mass is 19.1. The number of hydrogen-bond acceptors (Lipinski definition) is 3. The van der Waals surface area contributed by atoms with Crippen LogP contribution in [0.5, 0.6) is 0 Å². The van der Waals surface area contributed by atoms with Gasteiger partial charge in [0.15, 0.2) is 0 Å². The number of aryl methyl sites for hydroxylation is 1. The maximum absolute atomic E-state index is 15.5. The third-order valence-electron chi connectivity index (χ3n) is 8.76. The molecule has 6 aromatic carbocycles. The monoisotopic (exact) mass is 571 g/mol. The molecule has 44 heavy (non-hydrogen) atoms. The van der Waals surface area contributed by atoms with Crippen molar-refractivity contribution in [3.8, 4) is 28.3 Å². The molecule has 2 aliphatic rings. The highest BCUT2D eigenvalue weighted by molar-refractivity contribution is 7.00. The van der Waals surface area contributed by atoms with Gasteiger partial charge in [-0.3, -0.25) is 0 Å². The molecule has 0 atom stereocenters. The molecule has 2 aliphatic heterocycles. The lowest BCUT2D eigenvalue weighted by Gasteiger charge is -2.41. The number of rotatable bonds is 3. The summed E-state index contributed by atoms with van der Waals surface area (Å²) in [6.07, 6.45) is 0. The molecule has 1 N–H and O–H groups in total. The molecule has 0 saturated carbocycles. The molecule has 6 aromatic rings. The summed E-state index contributed by atoms with van der Waals surface area (Å²) in [4.78, 5) is 2.19. The Bertz CT molecular complexity index is 2170. The second kappa shape index (κ2) is 9.96. The van der Waals surface area contributed by atoms with Crippen molar-refractivity contribution < 1.29 is 8.78 Å². The van der Waals surface area contributed by atoms with Crippen molar-refractivity contribution in [2.24, 2.45) is 0 Å². The van der Waals surface area contributed by atoms with Crippen LogP contribution in [0.3, 0.4) is 0 Å². The van der Waals surface area contributed by atoms with Crippen molar-refractivity contribution >= 4 is 51.5 Å². The van der Waals surface area contributed by atoms with E-state index in [1.165, 1.54) is 0 Å². The second-order valence-electron chi connectivity index (χ2n) is 11.3. The van der Waals surface area contributed by atoms with Crippen LogP contribution < -0.4 is 26.6 Å². The number of anilines is 5. The Hall–Kier alpha value is -5.67. The van der Waals surface area contributed by atoms with E-state index in [0.29, 0.717) is 5.56 Å². The Kier molecular flexibility index (Phi) is 5.89. The summed E-state index contributed by atoms with van der Waals surface area (Å²) in [7, 11) is 0. The molecule has 0 radical (unpaired) electrons. The minimum absolute atomic E-state index is 0.0505. The van der Waals surface area contributed by atoms with E-state index >= 15 is 4.39 Å². The first-order chi connectivity index (χ1) is 21.5. The standard InChI is InChI=1S/C38H24BF2N3/c1-23-10-5-6-13-28(23)29-14-9-16-31-38(29)43-33-19-24(36-25(22-42)18-26(40)21-32(36)41)20-35-37(33)39(31)30-15-7-8-17-34(30)44(35)27-11-3-2-4-12-27/h2-21,43H,1H3. The van der Waals surface area contributed by atoms with E-state index in [9.17, 15) is 9.65 Å². The van der Waals surface area contributed by atoms with Crippen molar-refractivity contribution in [1.82, 2.24) is 0 Å². The molecular weight excluding hydrogens is 547 g/mol. The SMILES string of the molecule is Cc1ccccc1-c1cccc2c1Nc1cc(-c3c(F)cc(F)cc3C#N)cc3c1B2c1ccccc1N3c1ccccc1. The lowest BCUT2D eigenvalue weighted by Crippen LogP contribution is -2.60. The van der Waals surface area contributed by atoms with Gasteiger partial charge in [0.25, 0.3) is 6.71 Å². The molecule has 0 amide bonds. The van der Waals surface area contributed by atoms with Gasteiger partial charge in [0.1, 0.15) is 11.6 Å². The molecule has 0 spiro atoms. The molecule has 6 heteroatoms. The zero-order valence-corrected chi connectivity index (χ0v) is 23.8. The third kappa shape index (κ3) is 3.87. The zero-order valence-electron chi connectivity index (χ0n) is 23.8. The first-order valence-corrected chi connectivity index (χ1v) is 14.5. The second-order valence-corrected chi connectivity index (χ2v) is 11.3. The fraction of sp³-hybridized carbons (Fsp3) is 0.0263. The molecule has 0 saturated heterocycles. The third-order valence-corrected chi connectivity index (χ3v) is 8.76. The largest absolute Gasteiger partial charge is 0.356 e. The lowest BCUT2D eigenvalue weighted by molar-refractivity contribution is 0.585. The van der Waals surface area contributed by atoms with Crippen LogP contribution in [0.2, 0.25) is 0 Å². The number of nitrogens with zero attached hydrogens (tertiary/aromatic N) is 2. The van der Waals surface area contributed by atoms with Gasteiger partial charge in [0.2, 0.25) is 0 Å². The first kappa shape index (κ1) is 26.0. The normalized spacial score (nSPS) is 12.5. The van der Waals surface area contributed by atoms with Crippen molar-refractivity contribution in [3.05, 3.63) is 144 Å². The van der Waals surface area contributed by atoms with Gasteiger partial charge in [0, 0.05) is 45.6 Å². The number of hydrogen-bond donors (Lipinski definition) is 1. The van der Waals surface area contributed by atoms with Gasteiger partial charge < -0.3 is 10.2 Å². The van der Waals surface area contributed by atoms with Crippen LogP contribution in [0.25, 0.3) is 22.3 Å². The first-order valence-electron chi connectivity index (χ1n) is 14.5. The van der Waals surface area contributed by atoms with E-state index in [1.54, 1.807) is 0 Å². The van der Waals surface area contributed by atoms with Crippen molar-refractivity contribution in [2.75, 3.05) is 10.2 Å². The van der Waals surface area contributed by atoms with Gasteiger partial charge in [0.05, 0.1) is 11.6 Å². The van der Waals surface area contributed by atoms with Crippen LogP contribution in [-0.2, 0) is 0 Å². The minimum atomic E-state index is -0.781. The maximum Gasteiger partial charge on any atom is 0.252 e. The van der Waals surface area contributed by atoms with Gasteiger partial charge in [-0.15, -0.1) is 0 Å². The van der Waals surface area contributed by atoms with E-state index in [-0.39, 0.29) is 17.8 Å². The highest BCUT2D eigenvalue weighted by Crippen LogP contribution is 2.44. The minimum Gasteiger partial charge on any atom is -0.356 e. The van der Waals surface area contributed by atoms with E-state index in [2.05, 4.69) is 77.8 Å². The summed E-state index contributed by atoms with van der Waals surface area (Å²) in [6, 6.07) is 41.0. The summed E-state index contributed by atoms with van der Waals surface area (Å²) < 4.78 is 29.8. The number of fused-ring (bicyclic) bond motifs is 4. The Morgan fingerprint density at radius 2 is 1.45 bits per heavy atom. The van der Waals surface area contributed by atoms with Gasteiger partial charge in [-0.25, -0.2) is 8.78 Å². The van der Waals surface area contributed by atoms with E-state index < -0.39 is 11.6 Å². The van der Waals surface area contributed by atoms with Gasteiger partial charge in [-0.05, 0) is 76.4 Å². The average molecular weight is 571 g/mol. The Labute approximate surface area is 254 Å². The summed E-state index contributed by atoms with van der Waals surface area (Å²) in [5.41, 5.74) is 11.9. The molecule has 0 aromatic heterocycles. The topological polar surface area (TPSA) is 39.1 Å². The van der Waals surface area contributed by atoms with E-state index in [1.807, 2.05) is 54.6 Å². The number of para-hydroxylation sites is 3. The van der Waals surface area contributed by atoms with Crippen LogP contribution in [0.15, 0.2) is 121 Å². The van der Waals surface area contributed by atoms with Gasteiger partial charge in [-0.1, -0.05) is 78.9 Å². The van der Waals surface area contributed by atoms with Crippen LogP contribution in [0.4, 0.5) is 37.2 Å². The highest BCUT2D eigenvalue weighted by Gasteiger charge is 2.41. The Balaban J connectivity index is 1.47. The molecule has 0 aliphatic carbocycles.